The Bertz CT molecular complexity index is 555. The number of halogens is 4. The number of hydrogen-bond donors (Lipinski definition) is 2. The maximum absolute atomic E-state index is 12.1. The molecule has 0 unspecified atom stereocenters. The lowest BCUT2D eigenvalue weighted by atomic mass is 10.1. The van der Waals surface area contributed by atoms with Gasteiger partial charge in [-0.05, 0) is 19.2 Å². The molecule has 130 valence electrons. The Morgan fingerprint density at radius 3 is 2.52 bits per heavy atom. The second-order valence-corrected chi connectivity index (χ2v) is 4.20. The van der Waals surface area contributed by atoms with Crippen LogP contribution in [-0.4, -0.2) is 43.8 Å². The molecule has 0 saturated carbocycles. The van der Waals surface area contributed by atoms with Gasteiger partial charge in [-0.3, -0.25) is 14.9 Å². The van der Waals surface area contributed by atoms with Gasteiger partial charge in [-0.1, -0.05) is 0 Å². The molecule has 0 atom stereocenters. The van der Waals surface area contributed by atoms with Crippen LogP contribution in [0, 0.1) is 10.1 Å². The fourth-order valence-electron chi connectivity index (χ4n) is 1.51. The predicted molar refractivity (Wildman–Crippen MR) is 78.2 cm³/mol. The Hall–Kier alpha value is -2.07. The van der Waals surface area contributed by atoms with Crippen molar-refractivity contribution in [3.8, 4) is 5.75 Å². The van der Waals surface area contributed by atoms with Crippen LogP contribution in [0.25, 0.3) is 0 Å². The summed E-state index contributed by atoms with van der Waals surface area (Å²) in [6.07, 6.45) is -4.54. The number of nitro benzene ring substituents is 1. The van der Waals surface area contributed by atoms with Crippen LogP contribution in [0.3, 0.4) is 0 Å². The number of benzene rings is 1. The number of amides is 1. The maximum Gasteiger partial charge on any atom is 0.422 e. The van der Waals surface area contributed by atoms with Crippen LogP contribution in [0.2, 0.25) is 0 Å². The third kappa shape index (κ3) is 7.15. The van der Waals surface area contributed by atoms with E-state index in [1.54, 1.807) is 7.05 Å². The van der Waals surface area contributed by atoms with Crippen molar-refractivity contribution >= 4 is 24.0 Å². The second-order valence-electron chi connectivity index (χ2n) is 4.20. The highest BCUT2D eigenvalue weighted by Crippen LogP contribution is 2.25. The van der Waals surface area contributed by atoms with Crippen molar-refractivity contribution in [1.82, 2.24) is 10.6 Å². The molecule has 7 nitrogen and oxygen atoms in total. The number of hydrogen-bond acceptors (Lipinski definition) is 5. The standard InChI is InChI=1S/C12H14F3N3O4.ClH/c1-16-4-5-17-11(19)9-6-8(22-7-12(13,14)15)2-3-10(9)18(20)21;/h2-3,6,16H,4-5,7H2,1H3,(H,17,19);1H. The molecule has 23 heavy (non-hydrogen) atoms. The number of nitrogens with one attached hydrogen (secondary N) is 2. The van der Waals surface area contributed by atoms with E-state index < -0.39 is 29.3 Å². The van der Waals surface area contributed by atoms with E-state index >= 15 is 0 Å². The fraction of sp³-hybridized carbons (Fsp3) is 0.417. The molecule has 0 spiro atoms. The van der Waals surface area contributed by atoms with Crippen LogP contribution in [-0.2, 0) is 0 Å². The number of likely N-dealkylation sites (N-methyl/N-ethyl adjacent to an activating group) is 1. The maximum atomic E-state index is 12.1. The fourth-order valence-corrected chi connectivity index (χ4v) is 1.51. The zero-order valence-electron chi connectivity index (χ0n) is 12.0. The number of nitrogens with zero attached hydrogens (tertiary/aromatic N) is 1. The number of rotatable bonds is 7. The minimum absolute atomic E-state index is 0. The topological polar surface area (TPSA) is 93.5 Å². The third-order valence-corrected chi connectivity index (χ3v) is 2.47. The summed E-state index contributed by atoms with van der Waals surface area (Å²) < 4.78 is 40.8. The number of nitro groups is 1. The van der Waals surface area contributed by atoms with E-state index in [-0.39, 0.29) is 30.3 Å². The van der Waals surface area contributed by atoms with E-state index in [1.807, 2.05) is 0 Å². The average molecular weight is 358 g/mol. The van der Waals surface area contributed by atoms with Gasteiger partial charge in [-0.15, -0.1) is 12.4 Å². The lowest BCUT2D eigenvalue weighted by Crippen LogP contribution is -2.30. The Labute approximate surface area is 135 Å². The minimum atomic E-state index is -4.54. The van der Waals surface area contributed by atoms with Crippen LogP contribution >= 0.6 is 12.4 Å². The van der Waals surface area contributed by atoms with Crippen LogP contribution in [0.1, 0.15) is 10.4 Å². The second kappa shape index (κ2) is 9.16. The summed E-state index contributed by atoms with van der Waals surface area (Å²) in [6.45, 7) is -0.907. The highest BCUT2D eigenvalue weighted by Gasteiger charge is 2.29. The number of carbonyl (C=O) groups is 1. The van der Waals surface area contributed by atoms with E-state index in [2.05, 4.69) is 15.4 Å². The van der Waals surface area contributed by atoms with E-state index in [4.69, 9.17) is 0 Å². The lowest BCUT2D eigenvalue weighted by Gasteiger charge is -2.11. The van der Waals surface area contributed by atoms with Gasteiger partial charge in [-0.25, -0.2) is 0 Å². The Kier molecular flexibility index (Phi) is 8.33. The van der Waals surface area contributed by atoms with Crippen LogP contribution in [0.15, 0.2) is 18.2 Å². The van der Waals surface area contributed by atoms with Crippen molar-refractivity contribution in [3.63, 3.8) is 0 Å². The summed E-state index contributed by atoms with van der Waals surface area (Å²) in [4.78, 5) is 22.0. The molecule has 0 bridgehead atoms. The van der Waals surface area contributed by atoms with Crippen molar-refractivity contribution in [3.05, 3.63) is 33.9 Å². The van der Waals surface area contributed by atoms with Crippen molar-refractivity contribution in [2.45, 2.75) is 6.18 Å². The van der Waals surface area contributed by atoms with Gasteiger partial charge in [0.2, 0.25) is 0 Å². The van der Waals surface area contributed by atoms with Gasteiger partial charge in [0.15, 0.2) is 6.61 Å². The molecule has 0 aromatic heterocycles. The molecule has 0 aliphatic carbocycles. The first-order valence-electron chi connectivity index (χ1n) is 6.15. The molecule has 11 heteroatoms. The van der Waals surface area contributed by atoms with Crippen LogP contribution in [0.5, 0.6) is 5.75 Å². The van der Waals surface area contributed by atoms with Gasteiger partial charge >= 0.3 is 6.18 Å². The molecule has 0 radical (unpaired) electrons. The Balaban J connectivity index is 0.00000484. The smallest absolute Gasteiger partial charge is 0.422 e. The molecular weight excluding hydrogens is 343 g/mol. The quantitative estimate of drug-likeness (QED) is 0.441. The molecule has 0 aliphatic heterocycles. The lowest BCUT2D eigenvalue weighted by molar-refractivity contribution is -0.385. The molecule has 1 amide bonds. The van der Waals surface area contributed by atoms with Crippen molar-refractivity contribution in [1.29, 1.82) is 0 Å². The number of ether oxygens (including phenoxy) is 1. The molecule has 0 aliphatic rings. The van der Waals surface area contributed by atoms with Crippen LogP contribution < -0.4 is 15.4 Å². The number of alkyl halides is 3. The first kappa shape index (κ1) is 20.9. The van der Waals surface area contributed by atoms with Crippen LogP contribution in [0.4, 0.5) is 18.9 Å². The summed E-state index contributed by atoms with van der Waals surface area (Å²) in [6, 6.07) is 2.85. The normalized spacial score (nSPS) is 10.6. The first-order valence-corrected chi connectivity index (χ1v) is 6.15. The van der Waals surface area contributed by atoms with Gasteiger partial charge < -0.3 is 15.4 Å². The summed E-state index contributed by atoms with van der Waals surface area (Å²) in [5.41, 5.74) is -0.873. The van der Waals surface area contributed by atoms with Gasteiger partial charge in [0, 0.05) is 19.2 Å². The van der Waals surface area contributed by atoms with Crippen molar-refractivity contribution in [2.75, 3.05) is 26.7 Å². The SMILES string of the molecule is CNCCNC(=O)c1cc(OCC(F)(F)F)ccc1[N+](=O)[O-].Cl. The monoisotopic (exact) mass is 357 g/mol. The molecule has 0 saturated heterocycles. The first-order chi connectivity index (χ1) is 10.2. The van der Waals surface area contributed by atoms with Gasteiger partial charge in [0.25, 0.3) is 11.6 Å². The molecule has 2 N–H and O–H groups in total. The molecule has 1 aromatic rings. The van der Waals surface area contributed by atoms with Gasteiger partial charge in [-0.2, -0.15) is 13.2 Å². The summed E-state index contributed by atoms with van der Waals surface area (Å²) >= 11 is 0. The predicted octanol–water partition coefficient (Wildman–Crippen LogP) is 1.91. The van der Waals surface area contributed by atoms with E-state index in [0.717, 1.165) is 18.2 Å². The highest BCUT2D eigenvalue weighted by molar-refractivity contribution is 5.98. The minimum Gasteiger partial charge on any atom is -0.484 e. The van der Waals surface area contributed by atoms with Crippen molar-refractivity contribution < 1.29 is 27.6 Å². The Morgan fingerprint density at radius 2 is 2.00 bits per heavy atom. The average Bonchev–Trinajstić information content (AvgIpc) is 2.44. The molecule has 1 aromatic carbocycles. The molecule has 0 heterocycles. The van der Waals surface area contributed by atoms with E-state index in [0.29, 0.717) is 6.54 Å². The van der Waals surface area contributed by atoms with Gasteiger partial charge in [0.05, 0.1) is 4.92 Å². The number of carbonyl (C=O) groups excluding carboxylic acids is 1. The van der Waals surface area contributed by atoms with Crippen molar-refractivity contribution in [2.24, 2.45) is 0 Å². The molecule has 0 fully saturated rings. The summed E-state index contributed by atoms with van der Waals surface area (Å²) in [5, 5.41) is 16.0. The zero-order chi connectivity index (χ0) is 16.8. The summed E-state index contributed by atoms with van der Waals surface area (Å²) in [7, 11) is 1.65. The van der Waals surface area contributed by atoms with E-state index in [9.17, 15) is 28.1 Å². The van der Waals surface area contributed by atoms with Gasteiger partial charge in [0.1, 0.15) is 11.3 Å². The highest BCUT2D eigenvalue weighted by atomic mass is 35.5. The largest absolute Gasteiger partial charge is 0.484 e. The third-order valence-electron chi connectivity index (χ3n) is 2.47. The summed E-state index contributed by atoms with van der Waals surface area (Å²) in [5.74, 6) is -1.04. The molecule has 1 rings (SSSR count). The molecular formula is C12H15ClF3N3O4. The zero-order valence-corrected chi connectivity index (χ0v) is 12.8. The Morgan fingerprint density at radius 1 is 1.35 bits per heavy atom. The van der Waals surface area contributed by atoms with E-state index in [1.165, 1.54) is 0 Å².